The summed E-state index contributed by atoms with van der Waals surface area (Å²) < 4.78 is 39.1. The van der Waals surface area contributed by atoms with Gasteiger partial charge in [-0.1, -0.05) is 13.3 Å². The SMILES string of the molecule is CCCCOC(=O)Nc1ccc(OCC2CCC(F)(F)CC2)c2ccnn12. The van der Waals surface area contributed by atoms with Gasteiger partial charge < -0.3 is 9.47 Å². The number of ether oxygens (including phenoxy) is 2. The maximum Gasteiger partial charge on any atom is 0.412 e. The van der Waals surface area contributed by atoms with Gasteiger partial charge in [-0.2, -0.15) is 5.10 Å². The fraction of sp³-hybridized carbons (Fsp3) is 0.579. The van der Waals surface area contributed by atoms with Gasteiger partial charge in [0.15, 0.2) is 0 Å². The monoisotopic (exact) mass is 381 g/mol. The number of halogens is 2. The first-order valence-corrected chi connectivity index (χ1v) is 9.39. The molecular weight excluding hydrogens is 356 g/mol. The van der Waals surface area contributed by atoms with Crippen LogP contribution in [0.25, 0.3) is 5.52 Å². The van der Waals surface area contributed by atoms with Crippen LogP contribution in [0.1, 0.15) is 45.4 Å². The predicted octanol–water partition coefficient (Wildman–Crippen LogP) is 4.89. The van der Waals surface area contributed by atoms with Crippen LogP contribution in [-0.4, -0.2) is 34.8 Å². The molecule has 0 saturated heterocycles. The minimum atomic E-state index is -2.53. The number of unbranched alkanes of at least 4 members (excludes halogenated alkanes) is 1. The molecule has 2 aromatic rings. The van der Waals surface area contributed by atoms with Crippen LogP contribution >= 0.6 is 0 Å². The highest BCUT2D eigenvalue weighted by Gasteiger charge is 2.35. The number of aromatic nitrogens is 2. The molecule has 1 aliphatic carbocycles. The van der Waals surface area contributed by atoms with Crippen LogP contribution in [0.15, 0.2) is 24.4 Å². The van der Waals surface area contributed by atoms with Gasteiger partial charge >= 0.3 is 6.09 Å². The Kier molecular flexibility index (Phi) is 6.13. The Bertz CT molecular complexity index is 769. The Morgan fingerprint density at radius 3 is 2.85 bits per heavy atom. The number of hydrogen-bond acceptors (Lipinski definition) is 4. The lowest BCUT2D eigenvalue weighted by Crippen LogP contribution is -2.27. The van der Waals surface area contributed by atoms with Gasteiger partial charge in [-0.15, -0.1) is 0 Å². The van der Waals surface area contributed by atoms with Crippen LogP contribution in [0.5, 0.6) is 5.75 Å². The number of rotatable bonds is 7. The molecular formula is C19H25F2N3O3. The Morgan fingerprint density at radius 1 is 1.33 bits per heavy atom. The van der Waals surface area contributed by atoms with Crippen molar-refractivity contribution in [1.82, 2.24) is 9.61 Å². The molecule has 8 heteroatoms. The van der Waals surface area contributed by atoms with Gasteiger partial charge in [-0.3, -0.25) is 5.32 Å². The molecule has 27 heavy (non-hydrogen) atoms. The van der Waals surface area contributed by atoms with Gasteiger partial charge in [0, 0.05) is 12.8 Å². The molecule has 1 saturated carbocycles. The number of carbonyl (C=O) groups is 1. The van der Waals surface area contributed by atoms with Gasteiger partial charge in [-0.05, 0) is 43.4 Å². The number of pyridine rings is 1. The van der Waals surface area contributed by atoms with Crippen molar-refractivity contribution in [2.24, 2.45) is 5.92 Å². The van der Waals surface area contributed by atoms with Gasteiger partial charge in [-0.25, -0.2) is 18.1 Å². The first kappa shape index (κ1) is 19.4. The molecule has 2 heterocycles. The van der Waals surface area contributed by atoms with Crippen molar-refractivity contribution in [3.05, 3.63) is 24.4 Å². The zero-order valence-electron chi connectivity index (χ0n) is 15.4. The molecule has 0 unspecified atom stereocenters. The molecule has 1 N–H and O–H groups in total. The number of nitrogens with zero attached hydrogens (tertiary/aromatic N) is 2. The summed E-state index contributed by atoms with van der Waals surface area (Å²) in [6, 6.07) is 5.21. The lowest BCUT2D eigenvalue weighted by molar-refractivity contribution is -0.0498. The number of hydrogen-bond donors (Lipinski definition) is 1. The van der Waals surface area contributed by atoms with Crippen LogP contribution in [0.4, 0.5) is 19.4 Å². The third kappa shape index (κ3) is 5.08. The summed E-state index contributed by atoms with van der Waals surface area (Å²) in [5.41, 5.74) is 0.697. The van der Waals surface area contributed by atoms with Gasteiger partial charge in [0.05, 0.1) is 19.4 Å². The molecule has 0 spiro atoms. The zero-order valence-corrected chi connectivity index (χ0v) is 15.4. The molecule has 0 aliphatic heterocycles. The Morgan fingerprint density at radius 2 is 2.11 bits per heavy atom. The fourth-order valence-electron chi connectivity index (χ4n) is 3.13. The summed E-state index contributed by atoms with van der Waals surface area (Å²) in [4.78, 5) is 11.9. The van der Waals surface area contributed by atoms with E-state index in [2.05, 4.69) is 10.4 Å². The summed E-state index contributed by atoms with van der Waals surface area (Å²) in [5, 5.41) is 6.88. The lowest BCUT2D eigenvalue weighted by atomic mass is 9.87. The van der Waals surface area contributed by atoms with Gasteiger partial charge in [0.2, 0.25) is 5.92 Å². The maximum atomic E-state index is 13.3. The summed E-state index contributed by atoms with van der Waals surface area (Å²) in [5.74, 6) is -1.33. The first-order valence-electron chi connectivity index (χ1n) is 9.39. The maximum absolute atomic E-state index is 13.3. The second-order valence-electron chi connectivity index (χ2n) is 6.94. The van der Waals surface area contributed by atoms with E-state index in [1.165, 1.54) is 0 Å². The molecule has 0 atom stereocenters. The minimum Gasteiger partial charge on any atom is -0.491 e. The summed E-state index contributed by atoms with van der Waals surface area (Å²) in [7, 11) is 0. The molecule has 1 aliphatic rings. The van der Waals surface area contributed by atoms with Crippen molar-refractivity contribution in [2.75, 3.05) is 18.5 Å². The zero-order chi connectivity index (χ0) is 19.3. The topological polar surface area (TPSA) is 64.9 Å². The number of carbonyl (C=O) groups excluding carboxylic acids is 1. The van der Waals surface area contributed by atoms with E-state index >= 15 is 0 Å². The van der Waals surface area contributed by atoms with E-state index in [1.54, 1.807) is 28.9 Å². The molecule has 0 radical (unpaired) electrons. The van der Waals surface area contributed by atoms with Crippen molar-refractivity contribution >= 4 is 17.4 Å². The van der Waals surface area contributed by atoms with E-state index in [9.17, 15) is 13.6 Å². The van der Waals surface area contributed by atoms with Crippen LogP contribution in [-0.2, 0) is 4.74 Å². The average molecular weight is 381 g/mol. The van der Waals surface area contributed by atoms with E-state index < -0.39 is 12.0 Å². The Labute approximate surface area is 156 Å². The smallest absolute Gasteiger partial charge is 0.412 e. The number of alkyl halides is 2. The number of fused-ring (bicyclic) bond motifs is 1. The van der Waals surface area contributed by atoms with Crippen molar-refractivity contribution in [3.8, 4) is 5.75 Å². The van der Waals surface area contributed by atoms with Crippen LogP contribution < -0.4 is 10.1 Å². The molecule has 0 aromatic carbocycles. The highest BCUT2D eigenvalue weighted by molar-refractivity contribution is 5.84. The predicted molar refractivity (Wildman–Crippen MR) is 97.5 cm³/mol. The van der Waals surface area contributed by atoms with E-state index in [-0.39, 0.29) is 18.8 Å². The average Bonchev–Trinajstić information content (AvgIpc) is 3.13. The second-order valence-corrected chi connectivity index (χ2v) is 6.94. The summed E-state index contributed by atoms with van der Waals surface area (Å²) in [6.45, 7) is 2.78. The molecule has 1 amide bonds. The van der Waals surface area contributed by atoms with E-state index in [1.807, 2.05) is 6.92 Å². The summed E-state index contributed by atoms with van der Waals surface area (Å²) in [6.07, 6.45) is 3.61. The highest BCUT2D eigenvalue weighted by atomic mass is 19.3. The quantitative estimate of drug-likeness (QED) is 0.694. The largest absolute Gasteiger partial charge is 0.491 e. The number of nitrogens with one attached hydrogen (secondary N) is 1. The van der Waals surface area contributed by atoms with Crippen molar-refractivity contribution in [3.63, 3.8) is 0 Å². The van der Waals surface area contributed by atoms with Crippen molar-refractivity contribution in [1.29, 1.82) is 0 Å². The summed E-state index contributed by atoms with van der Waals surface area (Å²) >= 11 is 0. The Hall–Kier alpha value is -2.38. The molecule has 3 rings (SSSR count). The number of amides is 1. The fourth-order valence-corrected chi connectivity index (χ4v) is 3.13. The van der Waals surface area contributed by atoms with E-state index in [0.717, 1.165) is 12.8 Å². The van der Waals surface area contributed by atoms with Crippen LogP contribution in [0, 0.1) is 5.92 Å². The molecule has 148 valence electrons. The first-order chi connectivity index (χ1) is 13.0. The molecule has 1 fully saturated rings. The second kappa shape index (κ2) is 8.54. The van der Waals surface area contributed by atoms with Gasteiger partial charge in [0.1, 0.15) is 17.1 Å². The molecule has 0 bridgehead atoms. The minimum absolute atomic E-state index is 0.0773. The van der Waals surface area contributed by atoms with E-state index in [4.69, 9.17) is 9.47 Å². The highest BCUT2D eigenvalue weighted by Crippen LogP contribution is 2.36. The molecule has 2 aromatic heterocycles. The standard InChI is InChI=1S/C19H25F2N3O3/c1-2-3-12-26-18(25)23-17-5-4-16(15-8-11-22-24(15)17)27-13-14-6-9-19(20,21)10-7-14/h4-5,8,11,14H,2-3,6-7,9-10,12-13H2,1H3,(H,23,25). The third-order valence-electron chi connectivity index (χ3n) is 4.79. The Balaban J connectivity index is 1.61. The normalized spacial score (nSPS) is 17.0. The molecule has 6 nitrogen and oxygen atoms in total. The van der Waals surface area contributed by atoms with Crippen molar-refractivity contribution < 1.29 is 23.0 Å². The van der Waals surface area contributed by atoms with Crippen LogP contribution in [0.2, 0.25) is 0 Å². The number of anilines is 1. The third-order valence-corrected chi connectivity index (χ3v) is 4.79. The van der Waals surface area contributed by atoms with Crippen LogP contribution in [0.3, 0.4) is 0 Å². The lowest BCUT2D eigenvalue weighted by Gasteiger charge is -2.28. The van der Waals surface area contributed by atoms with E-state index in [0.29, 0.717) is 43.1 Å². The van der Waals surface area contributed by atoms with Gasteiger partial charge in [0.25, 0.3) is 0 Å². The van der Waals surface area contributed by atoms with Crippen molar-refractivity contribution in [2.45, 2.75) is 51.4 Å².